The molecule has 0 aliphatic rings. The number of aromatic nitrogens is 1. The van der Waals surface area contributed by atoms with Gasteiger partial charge < -0.3 is 15.6 Å². The lowest BCUT2D eigenvalue weighted by Gasteiger charge is -2.07. The van der Waals surface area contributed by atoms with Crippen LogP contribution in [0.4, 0.5) is 5.69 Å². The predicted octanol–water partition coefficient (Wildman–Crippen LogP) is 3.54. The topological polar surface area (TPSA) is 74.0 Å². The monoisotopic (exact) mass is 315 g/mol. The van der Waals surface area contributed by atoms with Gasteiger partial charge >= 0.3 is 0 Å². The third-order valence-electron chi connectivity index (χ3n) is 3.41. The molecule has 2 rings (SSSR count). The van der Waals surface area contributed by atoms with Crippen LogP contribution in [0.1, 0.15) is 44.6 Å². The second-order valence-electron chi connectivity index (χ2n) is 6.74. The molecule has 0 spiro atoms. The number of benzene rings is 1. The predicted molar refractivity (Wildman–Crippen MR) is 93.6 cm³/mol. The zero-order chi connectivity index (χ0) is 17.0. The molecule has 2 aromatic rings. The van der Waals surface area contributed by atoms with Crippen LogP contribution in [0, 0.1) is 11.8 Å². The van der Waals surface area contributed by atoms with Crippen LogP contribution in [0.25, 0.3) is 10.9 Å². The highest BCUT2D eigenvalue weighted by Gasteiger charge is 2.11. The summed E-state index contributed by atoms with van der Waals surface area (Å²) in [5.74, 6) is 0.624. The van der Waals surface area contributed by atoms with E-state index in [1.165, 1.54) is 0 Å². The molecule has 5 nitrogen and oxygen atoms in total. The summed E-state index contributed by atoms with van der Waals surface area (Å²) in [6, 6.07) is 7.40. The van der Waals surface area contributed by atoms with Gasteiger partial charge in [-0.25, -0.2) is 0 Å². The summed E-state index contributed by atoms with van der Waals surface area (Å²) in [6.45, 7) is 8.77. The number of nitrogens with one attached hydrogen (secondary N) is 3. The first kappa shape index (κ1) is 17.1. The molecule has 1 aromatic heterocycles. The summed E-state index contributed by atoms with van der Waals surface area (Å²) in [6.07, 6.45) is 0.494. The van der Waals surface area contributed by atoms with E-state index < -0.39 is 0 Å². The van der Waals surface area contributed by atoms with Crippen molar-refractivity contribution in [2.75, 3.05) is 11.9 Å². The summed E-state index contributed by atoms with van der Waals surface area (Å²) in [7, 11) is 0. The van der Waals surface area contributed by atoms with Crippen molar-refractivity contribution in [1.82, 2.24) is 10.3 Å². The Hall–Kier alpha value is -2.30. The van der Waals surface area contributed by atoms with Crippen molar-refractivity contribution in [2.24, 2.45) is 11.8 Å². The van der Waals surface area contributed by atoms with E-state index in [2.05, 4.69) is 29.5 Å². The Morgan fingerprint density at radius 3 is 2.48 bits per heavy atom. The minimum absolute atomic E-state index is 0.00443. The summed E-state index contributed by atoms with van der Waals surface area (Å²) >= 11 is 0. The van der Waals surface area contributed by atoms with E-state index in [4.69, 9.17) is 0 Å². The van der Waals surface area contributed by atoms with Crippen LogP contribution in [-0.4, -0.2) is 23.3 Å². The number of amides is 2. The minimum atomic E-state index is -0.111. The molecule has 0 atom stereocenters. The highest BCUT2D eigenvalue weighted by Crippen LogP contribution is 2.20. The molecule has 0 saturated carbocycles. The molecular weight excluding hydrogens is 290 g/mol. The fourth-order valence-corrected chi connectivity index (χ4v) is 2.31. The van der Waals surface area contributed by atoms with Gasteiger partial charge in [0.1, 0.15) is 5.69 Å². The SMILES string of the molecule is CC(C)CNC(=O)c1cc2cc(NC(=O)CC(C)C)ccc2[nH]1. The molecule has 5 heteroatoms. The summed E-state index contributed by atoms with van der Waals surface area (Å²) in [4.78, 5) is 27.0. The maximum Gasteiger partial charge on any atom is 0.267 e. The van der Waals surface area contributed by atoms with Crippen molar-refractivity contribution in [3.63, 3.8) is 0 Å². The lowest BCUT2D eigenvalue weighted by Crippen LogP contribution is -2.27. The zero-order valence-electron chi connectivity index (χ0n) is 14.2. The molecular formula is C18H25N3O2. The van der Waals surface area contributed by atoms with E-state index in [1.54, 1.807) is 0 Å². The Bertz CT molecular complexity index is 701. The standard InChI is InChI=1S/C18H25N3O2/c1-11(2)7-17(22)20-14-5-6-15-13(8-14)9-16(21-15)18(23)19-10-12(3)4/h5-6,8-9,11-12,21H,7,10H2,1-4H3,(H,19,23)(H,20,22). The van der Waals surface area contributed by atoms with Crippen LogP contribution in [0.2, 0.25) is 0 Å². The maximum atomic E-state index is 12.1. The van der Waals surface area contributed by atoms with Gasteiger partial charge in [-0.2, -0.15) is 0 Å². The van der Waals surface area contributed by atoms with Crippen LogP contribution in [0.3, 0.4) is 0 Å². The van der Waals surface area contributed by atoms with Gasteiger partial charge in [0.2, 0.25) is 5.91 Å². The summed E-state index contributed by atoms with van der Waals surface area (Å²) < 4.78 is 0. The number of carbonyl (C=O) groups is 2. The molecule has 0 aliphatic carbocycles. The highest BCUT2D eigenvalue weighted by atomic mass is 16.2. The van der Waals surface area contributed by atoms with Gasteiger partial charge in [0.25, 0.3) is 5.91 Å². The molecule has 23 heavy (non-hydrogen) atoms. The highest BCUT2D eigenvalue weighted by molar-refractivity contribution is 5.99. The van der Waals surface area contributed by atoms with E-state index >= 15 is 0 Å². The number of H-pyrrole nitrogens is 1. The fraction of sp³-hybridized carbons (Fsp3) is 0.444. The van der Waals surface area contributed by atoms with Crippen LogP contribution in [0.15, 0.2) is 24.3 Å². The second-order valence-corrected chi connectivity index (χ2v) is 6.74. The Labute approximate surface area is 136 Å². The molecule has 3 N–H and O–H groups in total. The maximum absolute atomic E-state index is 12.1. The molecule has 0 radical (unpaired) electrons. The average Bonchev–Trinajstić information content (AvgIpc) is 2.86. The first-order valence-electron chi connectivity index (χ1n) is 8.06. The fourth-order valence-electron chi connectivity index (χ4n) is 2.31. The second kappa shape index (κ2) is 7.31. The zero-order valence-corrected chi connectivity index (χ0v) is 14.2. The molecule has 0 aliphatic heterocycles. The molecule has 1 aromatic carbocycles. The lowest BCUT2D eigenvalue weighted by atomic mass is 10.1. The Morgan fingerprint density at radius 2 is 1.83 bits per heavy atom. The molecule has 0 saturated heterocycles. The van der Waals surface area contributed by atoms with Gasteiger partial charge in [-0.15, -0.1) is 0 Å². The van der Waals surface area contributed by atoms with Crippen LogP contribution in [-0.2, 0) is 4.79 Å². The Morgan fingerprint density at radius 1 is 1.09 bits per heavy atom. The van der Waals surface area contributed by atoms with E-state index in [0.717, 1.165) is 16.6 Å². The van der Waals surface area contributed by atoms with Crippen molar-refractivity contribution in [1.29, 1.82) is 0 Å². The normalized spacial score (nSPS) is 11.2. The lowest BCUT2D eigenvalue weighted by molar-refractivity contribution is -0.116. The molecule has 0 unspecified atom stereocenters. The van der Waals surface area contributed by atoms with Crippen LogP contribution < -0.4 is 10.6 Å². The molecule has 1 heterocycles. The smallest absolute Gasteiger partial charge is 0.267 e. The van der Waals surface area contributed by atoms with Gasteiger partial charge in [0.15, 0.2) is 0 Å². The van der Waals surface area contributed by atoms with Crippen molar-refractivity contribution in [3.05, 3.63) is 30.0 Å². The van der Waals surface area contributed by atoms with Crippen LogP contribution >= 0.6 is 0 Å². The van der Waals surface area contributed by atoms with Crippen molar-refractivity contribution in [3.8, 4) is 0 Å². The number of hydrogen-bond acceptors (Lipinski definition) is 2. The van der Waals surface area contributed by atoms with E-state index in [0.29, 0.717) is 30.5 Å². The first-order valence-corrected chi connectivity index (χ1v) is 8.06. The summed E-state index contributed by atoms with van der Waals surface area (Å²) in [5.41, 5.74) is 2.16. The van der Waals surface area contributed by atoms with Crippen molar-refractivity contribution in [2.45, 2.75) is 34.1 Å². The van der Waals surface area contributed by atoms with Crippen LogP contribution in [0.5, 0.6) is 0 Å². The number of anilines is 1. The third-order valence-corrected chi connectivity index (χ3v) is 3.41. The first-order chi connectivity index (χ1) is 10.8. The van der Waals surface area contributed by atoms with E-state index in [9.17, 15) is 9.59 Å². The third kappa shape index (κ3) is 4.84. The van der Waals surface area contributed by atoms with Crippen molar-refractivity contribution >= 4 is 28.4 Å². The van der Waals surface area contributed by atoms with Crippen molar-refractivity contribution < 1.29 is 9.59 Å². The number of rotatable bonds is 6. The van der Waals surface area contributed by atoms with E-state index in [-0.39, 0.29) is 11.8 Å². The number of hydrogen-bond donors (Lipinski definition) is 3. The summed E-state index contributed by atoms with van der Waals surface area (Å²) in [5, 5.41) is 6.68. The largest absolute Gasteiger partial charge is 0.351 e. The molecule has 124 valence electrons. The Kier molecular flexibility index (Phi) is 5.42. The van der Waals surface area contributed by atoms with Gasteiger partial charge in [-0.1, -0.05) is 27.7 Å². The number of carbonyl (C=O) groups excluding carboxylic acids is 2. The van der Waals surface area contributed by atoms with Gasteiger partial charge in [-0.05, 0) is 36.1 Å². The molecule has 2 amide bonds. The number of aromatic amines is 1. The molecule has 0 fully saturated rings. The Balaban J connectivity index is 2.11. The van der Waals surface area contributed by atoms with E-state index in [1.807, 2.05) is 38.1 Å². The average molecular weight is 315 g/mol. The minimum Gasteiger partial charge on any atom is -0.351 e. The van der Waals surface area contributed by atoms with Gasteiger partial charge in [-0.3, -0.25) is 9.59 Å². The van der Waals surface area contributed by atoms with Gasteiger partial charge in [0, 0.05) is 29.6 Å². The van der Waals surface area contributed by atoms with Gasteiger partial charge in [0.05, 0.1) is 0 Å². The molecule has 0 bridgehead atoms. The number of fused-ring (bicyclic) bond motifs is 1. The quantitative estimate of drug-likeness (QED) is 0.763.